The van der Waals surface area contributed by atoms with Gasteiger partial charge in [0.05, 0.1) is 6.54 Å². The highest BCUT2D eigenvalue weighted by Gasteiger charge is 2.17. The van der Waals surface area contributed by atoms with Gasteiger partial charge in [0.25, 0.3) is 0 Å². The van der Waals surface area contributed by atoms with Crippen molar-refractivity contribution in [2.75, 3.05) is 33.7 Å². The zero-order valence-corrected chi connectivity index (χ0v) is 13.8. The van der Waals surface area contributed by atoms with Crippen LogP contribution in [0, 0.1) is 0 Å². The minimum absolute atomic E-state index is 0.181. The fourth-order valence-electron chi connectivity index (χ4n) is 2.77. The zero-order chi connectivity index (χ0) is 15.0. The van der Waals surface area contributed by atoms with Gasteiger partial charge in [-0.15, -0.1) is 0 Å². The van der Waals surface area contributed by atoms with Gasteiger partial charge in [-0.2, -0.15) is 0 Å². The van der Waals surface area contributed by atoms with Crippen LogP contribution < -0.4 is 5.32 Å². The summed E-state index contributed by atoms with van der Waals surface area (Å²) in [5.74, 6) is 0.181. The normalized spacial score (nSPS) is 16.9. The summed E-state index contributed by atoms with van der Waals surface area (Å²) >= 11 is 0. The van der Waals surface area contributed by atoms with Crippen LogP contribution in [0.3, 0.4) is 0 Å². The standard InChI is InChI=1S/C16H33N3O/c1-14(2)19(4)16(20)13-17-11-8-12-18(3)15-9-6-5-7-10-15/h14-15,17H,5-13H2,1-4H3. The molecule has 1 N–H and O–H groups in total. The van der Waals surface area contributed by atoms with Crippen molar-refractivity contribution >= 4 is 5.91 Å². The minimum Gasteiger partial charge on any atom is -0.342 e. The summed E-state index contributed by atoms with van der Waals surface area (Å²) < 4.78 is 0. The first-order valence-corrected chi connectivity index (χ1v) is 8.19. The molecular formula is C16H33N3O. The maximum Gasteiger partial charge on any atom is 0.236 e. The van der Waals surface area contributed by atoms with Crippen LogP contribution in [0.15, 0.2) is 0 Å². The van der Waals surface area contributed by atoms with Gasteiger partial charge in [0.15, 0.2) is 0 Å². The molecule has 1 rings (SSSR count). The van der Waals surface area contributed by atoms with Crippen LogP contribution >= 0.6 is 0 Å². The molecule has 1 fully saturated rings. The Morgan fingerprint density at radius 2 is 1.85 bits per heavy atom. The third kappa shape index (κ3) is 6.23. The van der Waals surface area contributed by atoms with Gasteiger partial charge in [0, 0.05) is 19.1 Å². The lowest BCUT2D eigenvalue weighted by Crippen LogP contribution is -2.40. The second-order valence-electron chi connectivity index (χ2n) is 6.40. The van der Waals surface area contributed by atoms with Crippen molar-refractivity contribution in [3.05, 3.63) is 0 Å². The minimum atomic E-state index is 0.181. The summed E-state index contributed by atoms with van der Waals surface area (Å²) in [5.41, 5.74) is 0. The van der Waals surface area contributed by atoms with E-state index >= 15 is 0 Å². The molecule has 0 spiro atoms. The predicted molar refractivity (Wildman–Crippen MR) is 84.9 cm³/mol. The third-order valence-electron chi connectivity index (χ3n) is 4.51. The first-order valence-electron chi connectivity index (χ1n) is 8.19. The molecule has 4 heteroatoms. The molecule has 1 saturated carbocycles. The van der Waals surface area contributed by atoms with Crippen molar-refractivity contribution in [1.29, 1.82) is 0 Å². The molecule has 1 aliphatic carbocycles. The van der Waals surface area contributed by atoms with Gasteiger partial charge >= 0.3 is 0 Å². The lowest BCUT2D eigenvalue weighted by Gasteiger charge is -2.31. The lowest BCUT2D eigenvalue weighted by molar-refractivity contribution is -0.130. The number of nitrogens with one attached hydrogen (secondary N) is 1. The van der Waals surface area contributed by atoms with E-state index in [1.807, 2.05) is 20.9 Å². The van der Waals surface area contributed by atoms with E-state index in [9.17, 15) is 4.79 Å². The van der Waals surface area contributed by atoms with Gasteiger partial charge in [-0.05, 0) is 53.2 Å². The van der Waals surface area contributed by atoms with Crippen molar-refractivity contribution in [2.24, 2.45) is 0 Å². The molecule has 0 atom stereocenters. The molecule has 118 valence electrons. The summed E-state index contributed by atoms with van der Waals surface area (Å²) in [7, 11) is 4.11. The second-order valence-corrected chi connectivity index (χ2v) is 6.40. The summed E-state index contributed by atoms with van der Waals surface area (Å²) in [6.45, 7) is 6.59. The molecule has 0 radical (unpaired) electrons. The molecule has 1 aliphatic rings. The zero-order valence-electron chi connectivity index (χ0n) is 13.8. The highest BCUT2D eigenvalue weighted by atomic mass is 16.2. The van der Waals surface area contributed by atoms with Crippen LogP contribution in [0.2, 0.25) is 0 Å². The maximum absolute atomic E-state index is 11.8. The van der Waals surface area contributed by atoms with Crippen LogP contribution in [-0.2, 0) is 4.79 Å². The molecule has 0 aromatic carbocycles. The number of nitrogens with zero attached hydrogens (tertiary/aromatic N) is 2. The maximum atomic E-state index is 11.8. The third-order valence-corrected chi connectivity index (χ3v) is 4.51. The quantitative estimate of drug-likeness (QED) is 0.693. The smallest absolute Gasteiger partial charge is 0.236 e. The fourth-order valence-corrected chi connectivity index (χ4v) is 2.77. The van der Waals surface area contributed by atoms with Crippen LogP contribution in [0.4, 0.5) is 0 Å². The van der Waals surface area contributed by atoms with Crippen LogP contribution in [-0.4, -0.2) is 61.5 Å². The first-order chi connectivity index (χ1) is 9.52. The predicted octanol–water partition coefficient (Wildman–Crippen LogP) is 2.10. The fraction of sp³-hybridized carbons (Fsp3) is 0.938. The van der Waals surface area contributed by atoms with Crippen LogP contribution in [0.1, 0.15) is 52.4 Å². The van der Waals surface area contributed by atoms with E-state index in [1.165, 1.54) is 32.1 Å². The average Bonchev–Trinajstić information content (AvgIpc) is 2.46. The van der Waals surface area contributed by atoms with E-state index in [0.29, 0.717) is 6.54 Å². The van der Waals surface area contributed by atoms with E-state index in [4.69, 9.17) is 0 Å². The molecular weight excluding hydrogens is 250 g/mol. The van der Waals surface area contributed by atoms with E-state index in [1.54, 1.807) is 4.90 Å². The average molecular weight is 283 g/mol. The Bertz CT molecular complexity index is 275. The number of hydrogen-bond acceptors (Lipinski definition) is 3. The Balaban J connectivity index is 2.05. The summed E-state index contributed by atoms with van der Waals surface area (Å²) in [4.78, 5) is 16.1. The number of likely N-dealkylation sites (N-methyl/N-ethyl adjacent to an activating group) is 1. The molecule has 1 amide bonds. The molecule has 0 aromatic rings. The summed E-state index contributed by atoms with van der Waals surface area (Å²) in [6.07, 6.45) is 8.04. The Morgan fingerprint density at radius 1 is 1.20 bits per heavy atom. The Morgan fingerprint density at radius 3 is 2.45 bits per heavy atom. The van der Waals surface area contributed by atoms with Crippen molar-refractivity contribution < 1.29 is 4.79 Å². The highest BCUT2D eigenvalue weighted by molar-refractivity contribution is 5.78. The van der Waals surface area contributed by atoms with Gasteiger partial charge in [0.1, 0.15) is 0 Å². The topological polar surface area (TPSA) is 35.6 Å². The lowest BCUT2D eigenvalue weighted by atomic mass is 9.94. The molecule has 4 nitrogen and oxygen atoms in total. The van der Waals surface area contributed by atoms with Gasteiger partial charge < -0.3 is 15.1 Å². The van der Waals surface area contributed by atoms with E-state index < -0.39 is 0 Å². The molecule has 0 saturated heterocycles. The van der Waals surface area contributed by atoms with E-state index in [0.717, 1.165) is 25.6 Å². The molecule has 0 aliphatic heterocycles. The number of hydrogen-bond donors (Lipinski definition) is 1. The number of rotatable bonds is 8. The van der Waals surface area contributed by atoms with Gasteiger partial charge in [-0.3, -0.25) is 4.79 Å². The van der Waals surface area contributed by atoms with Crippen LogP contribution in [0.5, 0.6) is 0 Å². The van der Waals surface area contributed by atoms with E-state index in [-0.39, 0.29) is 11.9 Å². The number of carbonyl (C=O) groups is 1. The Kier molecular flexibility index (Phi) is 8.15. The Labute approximate surface area is 124 Å². The van der Waals surface area contributed by atoms with Crippen LogP contribution in [0.25, 0.3) is 0 Å². The van der Waals surface area contributed by atoms with Crippen molar-refractivity contribution in [1.82, 2.24) is 15.1 Å². The van der Waals surface area contributed by atoms with Crippen molar-refractivity contribution in [3.63, 3.8) is 0 Å². The molecule has 0 heterocycles. The van der Waals surface area contributed by atoms with Crippen molar-refractivity contribution in [2.45, 2.75) is 64.5 Å². The molecule has 0 unspecified atom stereocenters. The van der Waals surface area contributed by atoms with Gasteiger partial charge in [-0.25, -0.2) is 0 Å². The largest absolute Gasteiger partial charge is 0.342 e. The SMILES string of the molecule is CC(C)N(C)C(=O)CNCCCN(C)C1CCCCC1. The van der Waals surface area contributed by atoms with Gasteiger partial charge in [-0.1, -0.05) is 19.3 Å². The van der Waals surface area contributed by atoms with E-state index in [2.05, 4.69) is 17.3 Å². The number of amides is 1. The molecule has 0 aromatic heterocycles. The Hall–Kier alpha value is -0.610. The van der Waals surface area contributed by atoms with Crippen molar-refractivity contribution in [3.8, 4) is 0 Å². The molecule has 20 heavy (non-hydrogen) atoms. The summed E-state index contributed by atoms with van der Waals surface area (Å²) in [6, 6.07) is 1.07. The monoisotopic (exact) mass is 283 g/mol. The van der Waals surface area contributed by atoms with Gasteiger partial charge in [0.2, 0.25) is 5.91 Å². The molecule has 0 bridgehead atoms. The first kappa shape index (κ1) is 17.4. The second kappa shape index (κ2) is 9.35. The number of carbonyl (C=O) groups excluding carboxylic acids is 1. The highest BCUT2D eigenvalue weighted by Crippen LogP contribution is 2.21. The summed E-state index contributed by atoms with van der Waals surface area (Å²) in [5, 5.41) is 3.26.